The zero-order valence-corrected chi connectivity index (χ0v) is 4.65. The van der Waals surface area contributed by atoms with Crippen LogP contribution in [0.5, 0.6) is 0 Å². The maximum atomic E-state index is 3.84. The Balaban J connectivity index is 2.50. The molecule has 4 heteroatoms. The summed E-state index contributed by atoms with van der Waals surface area (Å²) in [6, 6.07) is 0. The van der Waals surface area contributed by atoms with E-state index in [1.807, 2.05) is 0 Å². The van der Waals surface area contributed by atoms with Gasteiger partial charge < -0.3 is 0 Å². The average Bonchev–Trinajstić information content (AvgIpc) is 2.19. The molecule has 0 atom stereocenters. The molecule has 4 nitrogen and oxygen atoms in total. The molecule has 0 fully saturated rings. The molecule has 8 heavy (non-hydrogen) atoms. The van der Waals surface area contributed by atoms with Gasteiger partial charge in [0.2, 0.25) is 0 Å². The van der Waals surface area contributed by atoms with Crippen LogP contribution >= 0.6 is 0 Å². The van der Waals surface area contributed by atoms with Crippen molar-refractivity contribution in [2.45, 2.75) is 6.67 Å². The smallest absolute Gasteiger partial charge is 0.107 e. The molecule has 0 amide bonds. The molecule has 0 unspecified atom stereocenters. The number of hydrogen-bond donors (Lipinski definition) is 0. The molecular formula is C4H7N4. The second-order valence-corrected chi connectivity index (χ2v) is 1.40. The van der Waals surface area contributed by atoms with E-state index in [0.29, 0.717) is 6.67 Å². The van der Waals surface area contributed by atoms with Gasteiger partial charge in [-0.1, -0.05) is 5.21 Å². The molecule has 0 aliphatic heterocycles. The van der Waals surface area contributed by atoms with E-state index >= 15 is 0 Å². The van der Waals surface area contributed by atoms with Crippen LogP contribution in [0.25, 0.3) is 0 Å². The van der Waals surface area contributed by atoms with Gasteiger partial charge in [-0.2, -0.15) is 0 Å². The van der Waals surface area contributed by atoms with Crippen molar-refractivity contribution in [3.05, 3.63) is 12.4 Å². The normalized spacial score (nSPS) is 9.62. The third-order valence-corrected chi connectivity index (χ3v) is 0.758. The van der Waals surface area contributed by atoms with Gasteiger partial charge in [-0.3, -0.25) is 0 Å². The summed E-state index contributed by atoms with van der Waals surface area (Å²) in [5, 5.41) is 11.1. The second kappa shape index (κ2) is 2.42. The Hall–Kier alpha value is -0.900. The number of nitrogens with zero attached hydrogens (tertiary/aromatic N) is 4. The highest BCUT2D eigenvalue weighted by Gasteiger charge is 1.83. The fraction of sp³-hybridized carbons (Fsp3) is 0.500. The van der Waals surface area contributed by atoms with Gasteiger partial charge in [0, 0.05) is 13.2 Å². The maximum Gasteiger partial charge on any atom is 0.107 e. The lowest BCUT2D eigenvalue weighted by Gasteiger charge is -1.91. The average molecular weight is 111 g/mol. The molecule has 1 aromatic heterocycles. The van der Waals surface area contributed by atoms with Crippen LogP contribution in [0.2, 0.25) is 0 Å². The Morgan fingerprint density at radius 1 is 1.75 bits per heavy atom. The number of hydrogen-bond acceptors (Lipinski definition) is 2. The summed E-state index contributed by atoms with van der Waals surface area (Å²) in [5.74, 6) is 0. The van der Waals surface area contributed by atoms with E-state index in [1.54, 1.807) is 24.1 Å². The SMILES string of the molecule is C[N]Cn1ccnn1. The summed E-state index contributed by atoms with van der Waals surface area (Å²) < 4.78 is 1.65. The minimum atomic E-state index is 0.597. The van der Waals surface area contributed by atoms with E-state index < -0.39 is 0 Å². The third kappa shape index (κ3) is 1.04. The van der Waals surface area contributed by atoms with E-state index in [1.165, 1.54) is 0 Å². The monoisotopic (exact) mass is 111 g/mol. The van der Waals surface area contributed by atoms with Crippen LogP contribution in [0, 0.1) is 0 Å². The lowest BCUT2D eigenvalue weighted by Crippen LogP contribution is -2.06. The Bertz CT molecular complexity index is 134. The summed E-state index contributed by atoms with van der Waals surface area (Å²) in [5.41, 5.74) is 0. The zero-order chi connectivity index (χ0) is 5.82. The van der Waals surface area contributed by atoms with Crippen LogP contribution in [0.3, 0.4) is 0 Å². The summed E-state index contributed by atoms with van der Waals surface area (Å²) in [4.78, 5) is 0. The van der Waals surface area contributed by atoms with Crippen LogP contribution in [0.4, 0.5) is 0 Å². The van der Waals surface area contributed by atoms with E-state index in [-0.39, 0.29) is 0 Å². The van der Waals surface area contributed by atoms with Gasteiger partial charge in [0.1, 0.15) is 6.67 Å². The molecule has 0 N–H and O–H groups in total. The third-order valence-electron chi connectivity index (χ3n) is 0.758. The van der Waals surface area contributed by atoms with Gasteiger partial charge in [-0.05, 0) is 0 Å². The number of aromatic nitrogens is 3. The van der Waals surface area contributed by atoms with E-state index in [0.717, 1.165) is 0 Å². The van der Waals surface area contributed by atoms with Gasteiger partial charge in [0.15, 0.2) is 0 Å². The fourth-order valence-electron chi connectivity index (χ4n) is 0.453. The van der Waals surface area contributed by atoms with Crippen LogP contribution in [-0.2, 0) is 6.67 Å². The highest BCUT2D eigenvalue weighted by atomic mass is 15.4. The first-order chi connectivity index (χ1) is 3.93. The summed E-state index contributed by atoms with van der Waals surface area (Å²) in [6.07, 6.45) is 3.40. The van der Waals surface area contributed by atoms with E-state index in [9.17, 15) is 0 Å². The molecule has 0 aliphatic rings. The Morgan fingerprint density at radius 2 is 2.62 bits per heavy atom. The first-order valence-electron chi connectivity index (χ1n) is 2.33. The minimum Gasteiger partial charge on any atom is -0.237 e. The van der Waals surface area contributed by atoms with Crippen LogP contribution < -0.4 is 5.32 Å². The van der Waals surface area contributed by atoms with Crippen LogP contribution in [-0.4, -0.2) is 22.0 Å². The summed E-state index contributed by atoms with van der Waals surface area (Å²) in [7, 11) is 1.74. The van der Waals surface area contributed by atoms with Gasteiger partial charge in [0.25, 0.3) is 0 Å². The number of rotatable bonds is 2. The highest BCUT2D eigenvalue weighted by molar-refractivity contribution is 4.62. The highest BCUT2D eigenvalue weighted by Crippen LogP contribution is 1.74. The first kappa shape index (κ1) is 5.24. The van der Waals surface area contributed by atoms with Crippen molar-refractivity contribution in [2.24, 2.45) is 0 Å². The van der Waals surface area contributed by atoms with Crippen molar-refractivity contribution in [2.75, 3.05) is 7.05 Å². The zero-order valence-electron chi connectivity index (χ0n) is 4.65. The Kier molecular flexibility index (Phi) is 1.58. The summed E-state index contributed by atoms with van der Waals surface area (Å²) in [6.45, 7) is 0.597. The lowest BCUT2D eigenvalue weighted by atomic mass is 10.9. The predicted molar refractivity (Wildman–Crippen MR) is 28.1 cm³/mol. The predicted octanol–water partition coefficient (Wildman–Crippen LogP) is -0.530. The van der Waals surface area contributed by atoms with Gasteiger partial charge in [-0.15, -0.1) is 5.10 Å². The molecule has 0 saturated carbocycles. The second-order valence-electron chi connectivity index (χ2n) is 1.40. The van der Waals surface area contributed by atoms with E-state index in [4.69, 9.17) is 0 Å². The van der Waals surface area contributed by atoms with E-state index in [2.05, 4.69) is 15.6 Å². The quantitative estimate of drug-likeness (QED) is 0.515. The van der Waals surface area contributed by atoms with Gasteiger partial charge in [-0.25, -0.2) is 10.00 Å². The molecule has 0 saturated heterocycles. The topological polar surface area (TPSA) is 44.8 Å². The molecular weight excluding hydrogens is 104 g/mol. The maximum absolute atomic E-state index is 3.84. The summed E-state index contributed by atoms with van der Waals surface area (Å²) >= 11 is 0. The fourth-order valence-corrected chi connectivity index (χ4v) is 0.453. The molecule has 0 spiro atoms. The molecule has 0 aliphatic carbocycles. The largest absolute Gasteiger partial charge is 0.237 e. The van der Waals surface area contributed by atoms with Crippen molar-refractivity contribution in [3.8, 4) is 0 Å². The molecule has 0 bridgehead atoms. The molecule has 1 aromatic rings. The van der Waals surface area contributed by atoms with Crippen LogP contribution in [0.15, 0.2) is 12.4 Å². The first-order valence-corrected chi connectivity index (χ1v) is 2.33. The van der Waals surface area contributed by atoms with Gasteiger partial charge in [0.05, 0.1) is 6.20 Å². The van der Waals surface area contributed by atoms with Crippen molar-refractivity contribution < 1.29 is 0 Å². The molecule has 0 aromatic carbocycles. The standard InChI is InChI=1S/C4H7N4/c1-5-4-8-3-2-6-7-8/h2-3H,4H2,1H3. The Morgan fingerprint density at radius 3 is 3.12 bits per heavy atom. The van der Waals surface area contributed by atoms with Crippen molar-refractivity contribution in [1.29, 1.82) is 0 Å². The molecule has 43 valence electrons. The molecule has 1 rings (SSSR count). The van der Waals surface area contributed by atoms with Crippen LogP contribution in [0.1, 0.15) is 0 Å². The molecule has 1 radical (unpaired) electrons. The minimum absolute atomic E-state index is 0.597. The van der Waals surface area contributed by atoms with Gasteiger partial charge >= 0.3 is 0 Å². The lowest BCUT2D eigenvalue weighted by molar-refractivity contribution is 0.530. The van der Waals surface area contributed by atoms with Crippen molar-refractivity contribution in [1.82, 2.24) is 20.3 Å². The van der Waals surface area contributed by atoms with Crippen molar-refractivity contribution in [3.63, 3.8) is 0 Å². The Labute approximate surface area is 47.5 Å². The van der Waals surface area contributed by atoms with Crippen molar-refractivity contribution >= 4 is 0 Å². The molecule has 1 heterocycles.